The Balaban J connectivity index is 3.08. The molecule has 0 aliphatic carbocycles. The first kappa shape index (κ1) is 15.7. The van der Waals surface area contributed by atoms with Crippen molar-refractivity contribution in [3.05, 3.63) is 12.2 Å². The summed E-state index contributed by atoms with van der Waals surface area (Å²) in [5.74, 6) is 0.852. The number of aliphatic hydroxyl groups excluding tert-OH is 1. The van der Waals surface area contributed by atoms with E-state index in [9.17, 15) is 0 Å². The molecule has 0 fully saturated rings. The number of aliphatic hydroxyl groups is 1. The lowest BCUT2D eigenvalue weighted by Gasteiger charge is -2.08. The predicted molar refractivity (Wildman–Crippen MR) is 72.6 cm³/mol. The standard InChI is InChI=1S/C15H30O/c1-3-4-12-15(2)13-10-8-6-5-7-9-11-14-16/h3-4,15-16H,5-14H2,1-2H3/b4-3+/t15-/m0/s1. The van der Waals surface area contributed by atoms with Gasteiger partial charge in [-0.3, -0.25) is 0 Å². The number of unbranched alkanes of at least 4 members (excludes halogenated alkanes) is 6. The zero-order valence-corrected chi connectivity index (χ0v) is 11.3. The van der Waals surface area contributed by atoms with Crippen LogP contribution in [0.4, 0.5) is 0 Å². The van der Waals surface area contributed by atoms with Gasteiger partial charge in [-0.1, -0.05) is 64.0 Å². The molecule has 96 valence electrons. The molecule has 0 spiro atoms. The second kappa shape index (κ2) is 12.8. The van der Waals surface area contributed by atoms with Crippen LogP contribution in [0.3, 0.4) is 0 Å². The Morgan fingerprint density at radius 3 is 2.06 bits per heavy atom. The number of hydrogen-bond acceptors (Lipinski definition) is 1. The molecule has 0 aliphatic heterocycles. The molecule has 0 saturated heterocycles. The van der Waals surface area contributed by atoms with Crippen LogP contribution in [0, 0.1) is 5.92 Å². The summed E-state index contributed by atoms with van der Waals surface area (Å²) >= 11 is 0. The summed E-state index contributed by atoms with van der Waals surface area (Å²) in [4.78, 5) is 0. The highest BCUT2D eigenvalue weighted by Gasteiger charge is 1.99. The summed E-state index contributed by atoms with van der Waals surface area (Å²) in [6, 6.07) is 0. The molecule has 16 heavy (non-hydrogen) atoms. The van der Waals surface area contributed by atoms with Crippen molar-refractivity contribution in [2.45, 2.75) is 71.6 Å². The molecule has 0 unspecified atom stereocenters. The molecule has 0 amide bonds. The van der Waals surface area contributed by atoms with Crippen LogP contribution in [0.5, 0.6) is 0 Å². The second-order valence-electron chi connectivity index (χ2n) is 4.90. The van der Waals surface area contributed by atoms with Gasteiger partial charge in [0, 0.05) is 6.61 Å². The number of rotatable bonds is 11. The Hall–Kier alpha value is -0.300. The molecule has 1 nitrogen and oxygen atoms in total. The molecule has 0 radical (unpaired) electrons. The highest BCUT2D eigenvalue weighted by molar-refractivity contribution is 4.78. The molecule has 0 aromatic rings. The lowest BCUT2D eigenvalue weighted by molar-refractivity contribution is 0.282. The van der Waals surface area contributed by atoms with Crippen LogP contribution in [0.1, 0.15) is 71.6 Å². The summed E-state index contributed by atoms with van der Waals surface area (Å²) in [5, 5.41) is 8.63. The van der Waals surface area contributed by atoms with Crippen LogP contribution in [0.15, 0.2) is 12.2 Å². The molecule has 0 aromatic heterocycles. The van der Waals surface area contributed by atoms with Crippen molar-refractivity contribution >= 4 is 0 Å². The van der Waals surface area contributed by atoms with Gasteiger partial charge in [-0.05, 0) is 25.7 Å². The van der Waals surface area contributed by atoms with Crippen LogP contribution in [0.2, 0.25) is 0 Å². The van der Waals surface area contributed by atoms with E-state index in [-0.39, 0.29) is 0 Å². The third-order valence-electron chi connectivity index (χ3n) is 3.13. The van der Waals surface area contributed by atoms with Crippen molar-refractivity contribution in [1.29, 1.82) is 0 Å². The van der Waals surface area contributed by atoms with E-state index in [1.54, 1.807) is 0 Å². The van der Waals surface area contributed by atoms with Gasteiger partial charge in [0.05, 0.1) is 0 Å². The second-order valence-corrected chi connectivity index (χ2v) is 4.90. The summed E-state index contributed by atoms with van der Waals surface area (Å²) in [7, 11) is 0. The molecular formula is C15H30O. The molecule has 0 aromatic carbocycles. The Morgan fingerprint density at radius 2 is 1.50 bits per heavy atom. The van der Waals surface area contributed by atoms with E-state index in [0.29, 0.717) is 6.61 Å². The minimum Gasteiger partial charge on any atom is -0.396 e. The Bertz CT molecular complexity index is 152. The normalized spacial score (nSPS) is 13.4. The van der Waals surface area contributed by atoms with Gasteiger partial charge >= 0.3 is 0 Å². The first-order valence-electron chi connectivity index (χ1n) is 7.03. The van der Waals surface area contributed by atoms with Gasteiger partial charge in [0.25, 0.3) is 0 Å². The minimum absolute atomic E-state index is 0.364. The van der Waals surface area contributed by atoms with E-state index in [0.717, 1.165) is 12.3 Å². The van der Waals surface area contributed by atoms with Gasteiger partial charge in [0.15, 0.2) is 0 Å². The van der Waals surface area contributed by atoms with E-state index < -0.39 is 0 Å². The number of allylic oxidation sites excluding steroid dienone is 2. The maximum absolute atomic E-state index is 8.63. The maximum Gasteiger partial charge on any atom is 0.0431 e. The molecule has 1 heteroatoms. The maximum atomic E-state index is 8.63. The van der Waals surface area contributed by atoms with Gasteiger partial charge in [-0.25, -0.2) is 0 Å². The van der Waals surface area contributed by atoms with E-state index >= 15 is 0 Å². The van der Waals surface area contributed by atoms with Gasteiger partial charge < -0.3 is 5.11 Å². The molecular weight excluding hydrogens is 196 g/mol. The van der Waals surface area contributed by atoms with Crippen LogP contribution >= 0.6 is 0 Å². The van der Waals surface area contributed by atoms with E-state index in [2.05, 4.69) is 26.0 Å². The number of hydrogen-bond donors (Lipinski definition) is 1. The molecule has 1 atom stereocenters. The quantitative estimate of drug-likeness (QED) is 0.400. The van der Waals surface area contributed by atoms with E-state index in [4.69, 9.17) is 5.11 Å². The predicted octanol–water partition coefficient (Wildman–Crippen LogP) is 4.70. The van der Waals surface area contributed by atoms with Crippen LogP contribution in [-0.2, 0) is 0 Å². The zero-order valence-electron chi connectivity index (χ0n) is 11.3. The summed E-state index contributed by atoms with van der Waals surface area (Å²) in [6.45, 7) is 4.81. The van der Waals surface area contributed by atoms with Crippen molar-refractivity contribution in [3.8, 4) is 0 Å². The fraction of sp³-hybridized carbons (Fsp3) is 0.867. The zero-order chi connectivity index (χ0) is 12.1. The van der Waals surface area contributed by atoms with Crippen LogP contribution in [0.25, 0.3) is 0 Å². The monoisotopic (exact) mass is 226 g/mol. The van der Waals surface area contributed by atoms with Gasteiger partial charge in [-0.2, -0.15) is 0 Å². The fourth-order valence-electron chi connectivity index (χ4n) is 1.97. The summed E-state index contributed by atoms with van der Waals surface area (Å²) in [5.41, 5.74) is 0. The lowest BCUT2D eigenvalue weighted by atomic mass is 9.99. The first-order chi connectivity index (χ1) is 7.81. The Kier molecular flexibility index (Phi) is 12.5. The SMILES string of the molecule is C/C=C/C[C@H](C)CCCCCCCCCO. The van der Waals surface area contributed by atoms with Gasteiger partial charge in [0.1, 0.15) is 0 Å². The molecule has 0 bridgehead atoms. The average Bonchev–Trinajstić information content (AvgIpc) is 2.30. The van der Waals surface area contributed by atoms with E-state index in [1.165, 1.54) is 51.4 Å². The third-order valence-corrected chi connectivity index (χ3v) is 3.13. The highest BCUT2D eigenvalue weighted by Crippen LogP contribution is 2.15. The fourth-order valence-corrected chi connectivity index (χ4v) is 1.97. The topological polar surface area (TPSA) is 20.2 Å². The summed E-state index contributed by atoms with van der Waals surface area (Å²) in [6.07, 6.45) is 16.0. The van der Waals surface area contributed by atoms with E-state index in [1.807, 2.05) is 0 Å². The first-order valence-corrected chi connectivity index (χ1v) is 7.03. The van der Waals surface area contributed by atoms with Gasteiger partial charge in [-0.15, -0.1) is 0 Å². The van der Waals surface area contributed by atoms with Crippen molar-refractivity contribution in [3.63, 3.8) is 0 Å². The van der Waals surface area contributed by atoms with Crippen molar-refractivity contribution in [2.24, 2.45) is 5.92 Å². The van der Waals surface area contributed by atoms with Crippen molar-refractivity contribution in [2.75, 3.05) is 6.61 Å². The van der Waals surface area contributed by atoms with Crippen LogP contribution < -0.4 is 0 Å². The molecule has 1 N–H and O–H groups in total. The smallest absolute Gasteiger partial charge is 0.0431 e. The largest absolute Gasteiger partial charge is 0.396 e. The molecule has 0 saturated carbocycles. The Labute approximate surface area is 102 Å². The highest BCUT2D eigenvalue weighted by atomic mass is 16.2. The lowest BCUT2D eigenvalue weighted by Crippen LogP contribution is -1.92. The van der Waals surface area contributed by atoms with Crippen LogP contribution in [-0.4, -0.2) is 11.7 Å². The molecule has 0 rings (SSSR count). The average molecular weight is 226 g/mol. The van der Waals surface area contributed by atoms with Gasteiger partial charge in [0.2, 0.25) is 0 Å². The van der Waals surface area contributed by atoms with Crippen molar-refractivity contribution < 1.29 is 5.11 Å². The van der Waals surface area contributed by atoms with Crippen molar-refractivity contribution in [1.82, 2.24) is 0 Å². The molecule has 0 aliphatic rings. The Morgan fingerprint density at radius 1 is 0.938 bits per heavy atom. The summed E-state index contributed by atoms with van der Waals surface area (Å²) < 4.78 is 0. The molecule has 0 heterocycles. The third kappa shape index (κ3) is 11.8. The minimum atomic E-state index is 0.364.